The van der Waals surface area contributed by atoms with Crippen LogP contribution in [0.3, 0.4) is 0 Å². The van der Waals surface area contributed by atoms with Gasteiger partial charge in [-0.25, -0.2) is 4.68 Å². The summed E-state index contributed by atoms with van der Waals surface area (Å²) < 4.78 is 7.03. The van der Waals surface area contributed by atoms with Crippen LogP contribution in [0, 0.1) is 0 Å². The van der Waals surface area contributed by atoms with Crippen LogP contribution in [0.4, 0.5) is 0 Å². The van der Waals surface area contributed by atoms with Crippen LogP contribution < -0.4 is 10.1 Å². The molecule has 5 nitrogen and oxygen atoms in total. The molecular formula is C23H21N3O2. The second kappa shape index (κ2) is 7.56. The van der Waals surface area contributed by atoms with Gasteiger partial charge in [0, 0.05) is 0 Å². The van der Waals surface area contributed by atoms with Crippen LogP contribution in [0.2, 0.25) is 0 Å². The fourth-order valence-electron chi connectivity index (χ4n) is 3.35. The molecule has 4 rings (SSSR count). The monoisotopic (exact) mass is 371 g/mol. The third-order valence-electron chi connectivity index (χ3n) is 4.77. The molecule has 0 saturated heterocycles. The summed E-state index contributed by atoms with van der Waals surface area (Å²) in [7, 11) is 1.54. The molecule has 0 fully saturated rings. The van der Waals surface area contributed by atoms with Crippen LogP contribution in [0.1, 0.15) is 29.0 Å². The second-order valence-corrected chi connectivity index (χ2v) is 6.59. The van der Waals surface area contributed by atoms with Crippen molar-refractivity contribution in [3.05, 3.63) is 90.3 Å². The van der Waals surface area contributed by atoms with Crippen molar-refractivity contribution >= 4 is 16.7 Å². The third kappa shape index (κ3) is 3.34. The number of amides is 1. The Bertz CT molecular complexity index is 1110. The van der Waals surface area contributed by atoms with Gasteiger partial charge in [0.1, 0.15) is 0 Å². The number of hydrogen-bond donors (Lipinski definition) is 1. The summed E-state index contributed by atoms with van der Waals surface area (Å²) in [6.07, 6.45) is 1.72. The minimum atomic E-state index is -0.271. The van der Waals surface area contributed by atoms with Crippen molar-refractivity contribution in [1.82, 2.24) is 15.1 Å². The van der Waals surface area contributed by atoms with Crippen molar-refractivity contribution < 1.29 is 9.53 Å². The lowest BCUT2D eigenvalue weighted by atomic mass is 9.99. The molecule has 0 radical (unpaired) electrons. The van der Waals surface area contributed by atoms with Gasteiger partial charge < -0.3 is 10.1 Å². The minimum Gasteiger partial charge on any atom is -0.493 e. The zero-order valence-electron chi connectivity index (χ0n) is 15.8. The Labute approximate surface area is 163 Å². The highest BCUT2D eigenvalue weighted by Crippen LogP contribution is 2.25. The van der Waals surface area contributed by atoms with Crippen LogP contribution in [0.25, 0.3) is 16.5 Å². The quantitative estimate of drug-likeness (QED) is 0.561. The molecule has 140 valence electrons. The van der Waals surface area contributed by atoms with Gasteiger partial charge in [-0.3, -0.25) is 4.79 Å². The lowest BCUT2D eigenvalue weighted by Crippen LogP contribution is -2.27. The summed E-state index contributed by atoms with van der Waals surface area (Å²) in [6, 6.07) is 23.7. The number of aromatic nitrogens is 2. The summed E-state index contributed by atoms with van der Waals surface area (Å²) in [5, 5.41) is 9.76. The first-order chi connectivity index (χ1) is 13.7. The Morgan fingerprint density at radius 2 is 1.71 bits per heavy atom. The molecule has 1 heterocycles. The van der Waals surface area contributed by atoms with E-state index in [-0.39, 0.29) is 17.6 Å². The van der Waals surface area contributed by atoms with Crippen LogP contribution in [-0.4, -0.2) is 22.8 Å². The van der Waals surface area contributed by atoms with Crippen molar-refractivity contribution in [2.75, 3.05) is 7.11 Å². The Hall–Kier alpha value is -3.60. The first-order valence-electron chi connectivity index (χ1n) is 9.15. The van der Waals surface area contributed by atoms with Crippen molar-refractivity contribution in [3.8, 4) is 11.4 Å². The third-order valence-corrected chi connectivity index (χ3v) is 4.77. The van der Waals surface area contributed by atoms with E-state index in [1.807, 2.05) is 61.5 Å². The zero-order chi connectivity index (χ0) is 19.5. The molecule has 0 aliphatic carbocycles. The van der Waals surface area contributed by atoms with Gasteiger partial charge in [-0.2, -0.15) is 5.10 Å². The highest BCUT2D eigenvalue weighted by Gasteiger charge is 2.21. The van der Waals surface area contributed by atoms with E-state index in [0.717, 1.165) is 22.0 Å². The average molecular weight is 371 g/mol. The number of hydrogen-bond acceptors (Lipinski definition) is 3. The average Bonchev–Trinajstić information content (AvgIpc) is 3.18. The standard InChI is InChI=1S/C23H21N3O2/c1-16(19-14-8-10-17-9-6-7-13-20(17)19)24-23(27)22-21(28-2)15-26(25-22)18-11-4-3-5-12-18/h3-16H,1-2H3,(H,24,27). The van der Waals surface area contributed by atoms with Crippen molar-refractivity contribution in [3.63, 3.8) is 0 Å². The summed E-state index contributed by atoms with van der Waals surface area (Å²) in [5.74, 6) is 0.165. The molecule has 1 aromatic heterocycles. The first-order valence-corrected chi connectivity index (χ1v) is 9.15. The van der Waals surface area contributed by atoms with Gasteiger partial charge in [0.05, 0.1) is 25.0 Å². The van der Waals surface area contributed by atoms with Gasteiger partial charge in [-0.1, -0.05) is 60.7 Å². The number of carbonyl (C=O) groups excluding carboxylic acids is 1. The van der Waals surface area contributed by atoms with Crippen LogP contribution in [0.5, 0.6) is 5.75 Å². The normalized spacial score (nSPS) is 11.9. The van der Waals surface area contributed by atoms with Crippen LogP contribution in [0.15, 0.2) is 79.0 Å². The van der Waals surface area contributed by atoms with E-state index in [0.29, 0.717) is 5.75 Å². The van der Waals surface area contributed by atoms with E-state index in [4.69, 9.17) is 4.74 Å². The lowest BCUT2D eigenvalue weighted by Gasteiger charge is -2.16. The van der Waals surface area contributed by atoms with E-state index in [2.05, 4.69) is 28.6 Å². The number of nitrogens with one attached hydrogen (secondary N) is 1. The highest BCUT2D eigenvalue weighted by atomic mass is 16.5. The largest absolute Gasteiger partial charge is 0.493 e. The maximum Gasteiger partial charge on any atom is 0.276 e. The Morgan fingerprint density at radius 3 is 2.50 bits per heavy atom. The predicted octanol–water partition coefficient (Wildman–Crippen LogP) is 4.53. The molecule has 1 atom stereocenters. The molecule has 0 aliphatic heterocycles. The topological polar surface area (TPSA) is 56.2 Å². The number of para-hydroxylation sites is 1. The van der Waals surface area contributed by atoms with E-state index in [1.165, 1.54) is 7.11 Å². The molecule has 5 heteroatoms. The van der Waals surface area contributed by atoms with Gasteiger partial charge in [-0.15, -0.1) is 0 Å². The SMILES string of the molecule is COc1cn(-c2ccccc2)nc1C(=O)NC(C)c1cccc2ccccc12. The van der Waals surface area contributed by atoms with E-state index < -0.39 is 0 Å². The molecule has 1 amide bonds. The minimum absolute atomic E-state index is 0.176. The zero-order valence-corrected chi connectivity index (χ0v) is 15.8. The summed E-state index contributed by atoms with van der Waals surface area (Å²) in [6.45, 7) is 1.97. The first kappa shape index (κ1) is 17.8. The molecule has 1 N–H and O–H groups in total. The molecule has 4 aromatic rings. The maximum atomic E-state index is 12.9. The molecule has 1 unspecified atom stereocenters. The summed E-state index contributed by atoms with van der Waals surface area (Å²) in [5.41, 5.74) is 2.19. The molecule has 0 bridgehead atoms. The predicted molar refractivity (Wildman–Crippen MR) is 110 cm³/mol. The number of benzene rings is 3. The lowest BCUT2D eigenvalue weighted by molar-refractivity contribution is 0.0931. The molecule has 0 saturated carbocycles. The van der Waals surface area contributed by atoms with Gasteiger partial charge in [0.2, 0.25) is 0 Å². The Kier molecular flexibility index (Phi) is 4.81. The van der Waals surface area contributed by atoms with Crippen molar-refractivity contribution in [2.45, 2.75) is 13.0 Å². The van der Waals surface area contributed by atoms with Gasteiger partial charge in [-0.05, 0) is 35.4 Å². The van der Waals surface area contributed by atoms with Gasteiger partial charge >= 0.3 is 0 Å². The van der Waals surface area contributed by atoms with E-state index >= 15 is 0 Å². The van der Waals surface area contributed by atoms with Crippen molar-refractivity contribution in [2.24, 2.45) is 0 Å². The molecule has 3 aromatic carbocycles. The second-order valence-electron chi connectivity index (χ2n) is 6.59. The van der Waals surface area contributed by atoms with Crippen molar-refractivity contribution in [1.29, 1.82) is 0 Å². The Balaban J connectivity index is 1.62. The summed E-state index contributed by atoms with van der Waals surface area (Å²) >= 11 is 0. The van der Waals surface area contributed by atoms with Crippen LogP contribution >= 0.6 is 0 Å². The molecular weight excluding hydrogens is 350 g/mol. The number of carbonyl (C=O) groups is 1. The fourth-order valence-corrected chi connectivity index (χ4v) is 3.35. The number of nitrogens with zero attached hydrogens (tertiary/aromatic N) is 2. The Morgan fingerprint density at radius 1 is 1.00 bits per heavy atom. The number of rotatable bonds is 5. The number of methoxy groups -OCH3 is 1. The van der Waals surface area contributed by atoms with Gasteiger partial charge in [0.15, 0.2) is 11.4 Å². The number of fused-ring (bicyclic) bond motifs is 1. The fraction of sp³-hybridized carbons (Fsp3) is 0.130. The molecule has 28 heavy (non-hydrogen) atoms. The summed E-state index contributed by atoms with van der Waals surface area (Å²) in [4.78, 5) is 12.9. The highest BCUT2D eigenvalue weighted by molar-refractivity contribution is 5.95. The maximum absolute atomic E-state index is 12.9. The van der Waals surface area contributed by atoms with Crippen LogP contribution in [-0.2, 0) is 0 Å². The number of ether oxygens (including phenoxy) is 1. The molecule has 0 spiro atoms. The van der Waals surface area contributed by atoms with E-state index in [9.17, 15) is 4.79 Å². The van der Waals surface area contributed by atoms with E-state index in [1.54, 1.807) is 10.9 Å². The van der Waals surface area contributed by atoms with Gasteiger partial charge in [0.25, 0.3) is 5.91 Å². The smallest absolute Gasteiger partial charge is 0.276 e. The molecule has 0 aliphatic rings.